The number of hydrogen-bond acceptors (Lipinski definition) is 3. The lowest BCUT2D eigenvalue weighted by Crippen LogP contribution is -2.34. The van der Waals surface area contributed by atoms with Crippen molar-refractivity contribution in [3.8, 4) is 0 Å². The molecule has 0 radical (unpaired) electrons. The monoisotopic (exact) mass is 209 g/mol. The molecule has 0 saturated carbocycles. The van der Waals surface area contributed by atoms with E-state index in [2.05, 4.69) is 4.98 Å². The van der Waals surface area contributed by atoms with Crippen LogP contribution < -0.4 is 0 Å². The third-order valence-electron chi connectivity index (χ3n) is 2.95. The van der Waals surface area contributed by atoms with Crippen LogP contribution in [0.25, 0.3) is 0 Å². The second-order valence-electron chi connectivity index (χ2n) is 4.01. The molecule has 0 amide bonds. The van der Waals surface area contributed by atoms with E-state index in [9.17, 15) is 10.2 Å². The molecule has 1 aromatic rings. The van der Waals surface area contributed by atoms with Gasteiger partial charge in [0.1, 0.15) is 6.10 Å². The van der Waals surface area contributed by atoms with Gasteiger partial charge in [0.15, 0.2) is 0 Å². The smallest absolute Gasteiger partial charge is 0.109 e. The van der Waals surface area contributed by atoms with Crippen molar-refractivity contribution in [2.75, 3.05) is 0 Å². The molecule has 0 bridgehead atoms. The third kappa shape index (κ3) is 2.55. The van der Waals surface area contributed by atoms with Gasteiger partial charge in [0.05, 0.1) is 5.60 Å². The number of hydrogen-bond donors (Lipinski definition) is 2. The second-order valence-corrected chi connectivity index (χ2v) is 4.01. The fourth-order valence-electron chi connectivity index (χ4n) is 1.67. The number of rotatable bonds is 4. The Morgan fingerprint density at radius 2 is 1.93 bits per heavy atom. The summed E-state index contributed by atoms with van der Waals surface area (Å²) in [6.07, 6.45) is 3.53. The fourth-order valence-corrected chi connectivity index (χ4v) is 1.67. The van der Waals surface area contributed by atoms with Crippen LogP contribution >= 0.6 is 0 Å². The molecule has 3 heteroatoms. The molecule has 0 aliphatic carbocycles. The minimum Gasteiger partial charge on any atom is -0.387 e. The number of nitrogens with zero attached hydrogens (tertiary/aromatic N) is 1. The highest BCUT2D eigenvalue weighted by atomic mass is 16.3. The summed E-state index contributed by atoms with van der Waals surface area (Å²) in [6.45, 7) is 5.66. The Morgan fingerprint density at radius 1 is 1.33 bits per heavy atom. The van der Waals surface area contributed by atoms with Crippen molar-refractivity contribution < 1.29 is 10.2 Å². The third-order valence-corrected chi connectivity index (χ3v) is 2.95. The van der Waals surface area contributed by atoms with Gasteiger partial charge in [-0.2, -0.15) is 0 Å². The normalized spacial score (nSPS) is 13.9. The molecule has 84 valence electrons. The van der Waals surface area contributed by atoms with Gasteiger partial charge in [-0.1, -0.05) is 19.9 Å². The summed E-state index contributed by atoms with van der Waals surface area (Å²) in [4.78, 5) is 4.02. The van der Waals surface area contributed by atoms with Crippen LogP contribution in [0.3, 0.4) is 0 Å². The van der Waals surface area contributed by atoms with E-state index in [1.54, 1.807) is 12.4 Å². The van der Waals surface area contributed by atoms with E-state index in [4.69, 9.17) is 0 Å². The van der Waals surface area contributed by atoms with E-state index in [0.717, 1.165) is 5.56 Å². The van der Waals surface area contributed by atoms with Crippen LogP contribution in [-0.2, 0) is 0 Å². The minimum absolute atomic E-state index is 0.526. The largest absolute Gasteiger partial charge is 0.387 e. The number of aliphatic hydroxyl groups is 2. The molecule has 0 aliphatic rings. The summed E-state index contributed by atoms with van der Waals surface area (Å²) in [6, 6.07) is 1.86. The van der Waals surface area contributed by atoms with Crippen molar-refractivity contribution in [2.24, 2.45) is 0 Å². The van der Waals surface area contributed by atoms with Crippen molar-refractivity contribution >= 4 is 0 Å². The van der Waals surface area contributed by atoms with Crippen LogP contribution in [0.1, 0.15) is 43.9 Å². The Kier molecular flexibility index (Phi) is 3.83. The Balaban J connectivity index is 2.97. The molecule has 3 nitrogen and oxygen atoms in total. The Labute approximate surface area is 90.8 Å². The van der Waals surface area contributed by atoms with Gasteiger partial charge in [0.25, 0.3) is 0 Å². The summed E-state index contributed by atoms with van der Waals surface area (Å²) in [7, 11) is 0. The van der Waals surface area contributed by atoms with Crippen molar-refractivity contribution in [3.05, 3.63) is 29.6 Å². The van der Waals surface area contributed by atoms with E-state index in [-0.39, 0.29) is 0 Å². The first-order valence-electron chi connectivity index (χ1n) is 5.35. The van der Waals surface area contributed by atoms with E-state index < -0.39 is 11.7 Å². The Bertz CT molecular complexity index is 321. The van der Waals surface area contributed by atoms with E-state index in [1.165, 1.54) is 0 Å². The maximum Gasteiger partial charge on any atom is 0.109 e. The molecular weight excluding hydrogens is 190 g/mol. The second kappa shape index (κ2) is 4.73. The molecule has 2 N–H and O–H groups in total. The number of aryl methyl sites for hydroxylation is 1. The van der Waals surface area contributed by atoms with E-state index >= 15 is 0 Å². The summed E-state index contributed by atoms with van der Waals surface area (Å²) in [5, 5.41) is 20.2. The average Bonchev–Trinajstić information content (AvgIpc) is 2.27. The molecule has 1 aromatic heterocycles. The predicted octanol–water partition coefficient (Wildman–Crippen LogP) is 1.97. The summed E-state index contributed by atoms with van der Waals surface area (Å²) >= 11 is 0. The van der Waals surface area contributed by atoms with E-state index in [0.29, 0.717) is 18.4 Å². The summed E-state index contributed by atoms with van der Waals surface area (Å²) < 4.78 is 0. The first-order valence-corrected chi connectivity index (χ1v) is 5.35. The molecule has 0 aliphatic heterocycles. The summed E-state index contributed by atoms with van der Waals surface area (Å²) in [5.41, 5.74) is 0.623. The van der Waals surface area contributed by atoms with Crippen LogP contribution in [0.15, 0.2) is 18.5 Å². The number of aromatic nitrogens is 1. The molecule has 1 atom stereocenters. The maximum atomic E-state index is 10.2. The minimum atomic E-state index is -1.05. The van der Waals surface area contributed by atoms with Crippen molar-refractivity contribution in [3.63, 3.8) is 0 Å². The Morgan fingerprint density at radius 3 is 2.40 bits per heavy atom. The van der Waals surface area contributed by atoms with E-state index in [1.807, 2.05) is 26.8 Å². The number of aliphatic hydroxyl groups excluding tert-OH is 1. The van der Waals surface area contributed by atoms with Gasteiger partial charge in [-0.05, 0) is 25.3 Å². The molecule has 1 heterocycles. The lowest BCUT2D eigenvalue weighted by Gasteiger charge is -2.31. The topological polar surface area (TPSA) is 53.4 Å². The van der Waals surface area contributed by atoms with Crippen molar-refractivity contribution in [1.82, 2.24) is 4.98 Å². The van der Waals surface area contributed by atoms with Crippen LogP contribution in [0.5, 0.6) is 0 Å². The molecule has 0 spiro atoms. The molecule has 0 aromatic carbocycles. The number of pyridine rings is 1. The van der Waals surface area contributed by atoms with Crippen LogP contribution in [0.2, 0.25) is 0 Å². The van der Waals surface area contributed by atoms with Crippen LogP contribution in [0.4, 0.5) is 0 Å². The SMILES string of the molecule is CCC(O)(CC)C(O)c1cncc(C)c1. The Hall–Kier alpha value is -0.930. The fraction of sp³-hybridized carbons (Fsp3) is 0.583. The lowest BCUT2D eigenvalue weighted by atomic mass is 9.87. The molecule has 15 heavy (non-hydrogen) atoms. The van der Waals surface area contributed by atoms with Crippen LogP contribution in [-0.4, -0.2) is 20.8 Å². The molecular formula is C12H19NO2. The highest BCUT2D eigenvalue weighted by Crippen LogP contribution is 2.31. The zero-order chi connectivity index (χ0) is 11.5. The highest BCUT2D eigenvalue weighted by Gasteiger charge is 2.33. The quantitative estimate of drug-likeness (QED) is 0.797. The predicted molar refractivity (Wildman–Crippen MR) is 59.5 cm³/mol. The summed E-state index contributed by atoms with van der Waals surface area (Å²) in [5.74, 6) is 0. The van der Waals surface area contributed by atoms with Gasteiger partial charge in [-0.3, -0.25) is 4.98 Å². The van der Waals surface area contributed by atoms with Gasteiger partial charge in [-0.25, -0.2) is 0 Å². The van der Waals surface area contributed by atoms with Crippen molar-refractivity contribution in [1.29, 1.82) is 0 Å². The van der Waals surface area contributed by atoms with Gasteiger partial charge in [0, 0.05) is 18.0 Å². The first kappa shape index (κ1) is 12.1. The molecule has 0 fully saturated rings. The molecule has 0 saturated heterocycles. The highest BCUT2D eigenvalue weighted by molar-refractivity contribution is 5.21. The van der Waals surface area contributed by atoms with Gasteiger partial charge >= 0.3 is 0 Å². The van der Waals surface area contributed by atoms with Crippen LogP contribution in [0, 0.1) is 6.92 Å². The zero-order valence-electron chi connectivity index (χ0n) is 9.57. The lowest BCUT2D eigenvalue weighted by molar-refractivity contribution is -0.0822. The van der Waals surface area contributed by atoms with Gasteiger partial charge in [0.2, 0.25) is 0 Å². The maximum absolute atomic E-state index is 10.2. The first-order chi connectivity index (χ1) is 7.03. The zero-order valence-corrected chi connectivity index (χ0v) is 9.57. The average molecular weight is 209 g/mol. The van der Waals surface area contributed by atoms with Gasteiger partial charge < -0.3 is 10.2 Å². The molecule has 1 rings (SSSR count). The van der Waals surface area contributed by atoms with Gasteiger partial charge in [-0.15, -0.1) is 0 Å². The molecule has 1 unspecified atom stereocenters. The van der Waals surface area contributed by atoms with Crippen molar-refractivity contribution in [2.45, 2.75) is 45.3 Å². The standard InChI is InChI=1S/C12H19NO2/c1-4-12(15,5-2)11(14)10-6-9(3)7-13-8-10/h6-8,11,14-15H,4-5H2,1-3H3.